The molecule has 1 heteroatoms. The van der Waals surface area contributed by atoms with Crippen LogP contribution in [0.25, 0.3) is 0 Å². The third-order valence-electron chi connectivity index (χ3n) is 3.57. The summed E-state index contributed by atoms with van der Waals surface area (Å²) in [6, 6.07) is 10.7. The Hall–Kier alpha value is -0.820. The molecule has 0 amide bonds. The fourth-order valence-corrected chi connectivity index (χ4v) is 2.51. The molecule has 0 spiro atoms. The Morgan fingerprint density at radius 2 is 1.83 bits per heavy atom. The standard InChI is InChI=1S/C15H22O.C2H6/c1-13-7-5-11-15(13)16-12-6-10-14-8-3-2-4-9-14;1-2/h2-4,8-9,13,15H,5-7,10-12H2,1H3;1-2H3. The van der Waals surface area contributed by atoms with Crippen molar-refractivity contribution >= 4 is 0 Å². The van der Waals surface area contributed by atoms with Crippen molar-refractivity contribution in [2.45, 2.75) is 59.0 Å². The minimum Gasteiger partial charge on any atom is -0.378 e. The lowest BCUT2D eigenvalue weighted by atomic mass is 10.1. The summed E-state index contributed by atoms with van der Waals surface area (Å²) in [6.45, 7) is 7.23. The zero-order chi connectivity index (χ0) is 13.2. The normalized spacial score (nSPS) is 22.4. The Morgan fingerprint density at radius 3 is 2.44 bits per heavy atom. The van der Waals surface area contributed by atoms with Crippen molar-refractivity contribution in [1.29, 1.82) is 0 Å². The maximum absolute atomic E-state index is 5.94. The fraction of sp³-hybridized carbons (Fsp3) is 0.647. The van der Waals surface area contributed by atoms with E-state index in [0.29, 0.717) is 6.10 Å². The Morgan fingerprint density at radius 1 is 1.11 bits per heavy atom. The lowest BCUT2D eigenvalue weighted by Gasteiger charge is -2.16. The molecule has 1 aromatic carbocycles. The van der Waals surface area contributed by atoms with Gasteiger partial charge in [-0.1, -0.05) is 57.5 Å². The molecule has 0 heterocycles. The van der Waals surface area contributed by atoms with Crippen LogP contribution in [0.2, 0.25) is 0 Å². The van der Waals surface area contributed by atoms with Crippen molar-refractivity contribution in [3.8, 4) is 0 Å². The SMILES string of the molecule is CC.CC1CCCC1OCCCc1ccccc1. The van der Waals surface area contributed by atoms with Gasteiger partial charge in [-0.05, 0) is 37.2 Å². The highest BCUT2D eigenvalue weighted by Gasteiger charge is 2.23. The smallest absolute Gasteiger partial charge is 0.0600 e. The van der Waals surface area contributed by atoms with Gasteiger partial charge in [0.15, 0.2) is 0 Å². The maximum Gasteiger partial charge on any atom is 0.0600 e. The molecule has 0 saturated heterocycles. The summed E-state index contributed by atoms with van der Waals surface area (Å²) in [5, 5.41) is 0. The van der Waals surface area contributed by atoms with E-state index >= 15 is 0 Å². The van der Waals surface area contributed by atoms with Crippen LogP contribution in [-0.4, -0.2) is 12.7 Å². The molecule has 0 N–H and O–H groups in total. The maximum atomic E-state index is 5.94. The zero-order valence-corrected chi connectivity index (χ0v) is 12.2. The van der Waals surface area contributed by atoms with Crippen LogP contribution in [0, 0.1) is 5.92 Å². The summed E-state index contributed by atoms with van der Waals surface area (Å²) >= 11 is 0. The molecule has 102 valence electrons. The first-order chi connectivity index (χ1) is 8.86. The van der Waals surface area contributed by atoms with Crippen molar-refractivity contribution < 1.29 is 4.74 Å². The van der Waals surface area contributed by atoms with Gasteiger partial charge < -0.3 is 4.74 Å². The lowest BCUT2D eigenvalue weighted by molar-refractivity contribution is 0.0314. The number of benzene rings is 1. The van der Waals surface area contributed by atoms with E-state index in [9.17, 15) is 0 Å². The van der Waals surface area contributed by atoms with Crippen molar-refractivity contribution in [3.05, 3.63) is 35.9 Å². The van der Waals surface area contributed by atoms with E-state index in [1.54, 1.807) is 0 Å². The molecule has 18 heavy (non-hydrogen) atoms. The number of rotatable bonds is 5. The molecule has 1 aliphatic rings. The van der Waals surface area contributed by atoms with Crippen LogP contribution in [0.4, 0.5) is 0 Å². The Balaban J connectivity index is 0.000000771. The fourth-order valence-electron chi connectivity index (χ4n) is 2.51. The van der Waals surface area contributed by atoms with Gasteiger partial charge in [0.05, 0.1) is 6.10 Å². The number of hydrogen-bond donors (Lipinski definition) is 0. The third-order valence-corrected chi connectivity index (χ3v) is 3.57. The predicted octanol–water partition coefficient (Wildman–Crippen LogP) is 4.85. The van der Waals surface area contributed by atoms with Gasteiger partial charge in [-0.15, -0.1) is 0 Å². The second kappa shape index (κ2) is 9.16. The minimum atomic E-state index is 0.538. The molecule has 0 aliphatic heterocycles. The average Bonchev–Trinajstić information content (AvgIpc) is 2.84. The number of ether oxygens (including phenoxy) is 1. The van der Waals surface area contributed by atoms with Crippen molar-refractivity contribution in [1.82, 2.24) is 0 Å². The van der Waals surface area contributed by atoms with E-state index in [-0.39, 0.29) is 0 Å². The molecule has 1 fully saturated rings. The second-order valence-corrected chi connectivity index (χ2v) is 4.91. The van der Waals surface area contributed by atoms with Crippen LogP contribution in [0.15, 0.2) is 30.3 Å². The number of hydrogen-bond acceptors (Lipinski definition) is 1. The summed E-state index contributed by atoms with van der Waals surface area (Å²) < 4.78 is 5.94. The Labute approximate surface area is 113 Å². The molecule has 0 aromatic heterocycles. The van der Waals surface area contributed by atoms with Crippen molar-refractivity contribution in [2.75, 3.05) is 6.61 Å². The zero-order valence-electron chi connectivity index (χ0n) is 12.2. The van der Waals surface area contributed by atoms with Gasteiger partial charge in [0.25, 0.3) is 0 Å². The molecular weight excluding hydrogens is 220 g/mol. The minimum absolute atomic E-state index is 0.538. The predicted molar refractivity (Wildman–Crippen MR) is 78.9 cm³/mol. The third kappa shape index (κ3) is 5.22. The topological polar surface area (TPSA) is 9.23 Å². The summed E-state index contributed by atoms with van der Waals surface area (Å²) in [7, 11) is 0. The van der Waals surface area contributed by atoms with Gasteiger partial charge in [-0.2, -0.15) is 0 Å². The van der Waals surface area contributed by atoms with E-state index in [0.717, 1.165) is 25.4 Å². The summed E-state index contributed by atoms with van der Waals surface area (Å²) in [4.78, 5) is 0. The highest BCUT2D eigenvalue weighted by Crippen LogP contribution is 2.27. The van der Waals surface area contributed by atoms with Gasteiger partial charge in [-0.3, -0.25) is 0 Å². The molecule has 2 rings (SSSR count). The van der Waals surface area contributed by atoms with Crippen molar-refractivity contribution in [3.63, 3.8) is 0 Å². The molecule has 1 aromatic rings. The van der Waals surface area contributed by atoms with Gasteiger partial charge in [0, 0.05) is 6.61 Å². The summed E-state index contributed by atoms with van der Waals surface area (Å²) in [6.07, 6.45) is 6.80. The van der Waals surface area contributed by atoms with E-state index in [2.05, 4.69) is 37.3 Å². The largest absolute Gasteiger partial charge is 0.378 e. The van der Waals surface area contributed by atoms with Gasteiger partial charge in [0.2, 0.25) is 0 Å². The summed E-state index contributed by atoms with van der Waals surface area (Å²) in [5.74, 6) is 0.775. The van der Waals surface area contributed by atoms with Gasteiger partial charge in [0.1, 0.15) is 0 Å². The molecule has 1 nitrogen and oxygen atoms in total. The van der Waals surface area contributed by atoms with Crippen LogP contribution in [0.1, 0.15) is 52.0 Å². The highest BCUT2D eigenvalue weighted by molar-refractivity contribution is 5.14. The average molecular weight is 248 g/mol. The van der Waals surface area contributed by atoms with Crippen LogP contribution in [0.3, 0.4) is 0 Å². The second-order valence-electron chi connectivity index (χ2n) is 4.91. The van der Waals surface area contributed by atoms with Crippen LogP contribution >= 0.6 is 0 Å². The van der Waals surface area contributed by atoms with Crippen LogP contribution < -0.4 is 0 Å². The molecule has 1 aliphatic carbocycles. The lowest BCUT2D eigenvalue weighted by Crippen LogP contribution is -2.16. The monoisotopic (exact) mass is 248 g/mol. The van der Waals surface area contributed by atoms with Gasteiger partial charge in [-0.25, -0.2) is 0 Å². The first-order valence-corrected chi connectivity index (χ1v) is 7.52. The Bertz CT molecular complexity index is 294. The first kappa shape index (κ1) is 15.2. The van der Waals surface area contributed by atoms with Crippen molar-refractivity contribution in [2.24, 2.45) is 5.92 Å². The molecule has 2 unspecified atom stereocenters. The van der Waals surface area contributed by atoms with E-state index in [4.69, 9.17) is 4.74 Å². The van der Waals surface area contributed by atoms with Crippen LogP contribution in [0.5, 0.6) is 0 Å². The molecule has 0 bridgehead atoms. The van der Waals surface area contributed by atoms with E-state index < -0.39 is 0 Å². The van der Waals surface area contributed by atoms with Gasteiger partial charge >= 0.3 is 0 Å². The van der Waals surface area contributed by atoms with E-state index in [1.165, 1.54) is 24.8 Å². The number of aryl methyl sites for hydroxylation is 1. The molecule has 2 atom stereocenters. The molecule has 0 radical (unpaired) electrons. The summed E-state index contributed by atoms with van der Waals surface area (Å²) in [5.41, 5.74) is 1.42. The highest BCUT2D eigenvalue weighted by atomic mass is 16.5. The van der Waals surface area contributed by atoms with Crippen LogP contribution in [-0.2, 0) is 11.2 Å². The quantitative estimate of drug-likeness (QED) is 0.677. The Kier molecular flexibility index (Phi) is 7.75. The van der Waals surface area contributed by atoms with E-state index in [1.807, 2.05) is 13.8 Å². The molecule has 1 saturated carbocycles. The molecular formula is C17H28O. The first-order valence-electron chi connectivity index (χ1n) is 7.52.